The van der Waals surface area contributed by atoms with E-state index >= 15 is 0 Å². The zero-order valence-corrected chi connectivity index (χ0v) is 8.66. The SMILES string of the molecule is Cc1cc(C)cc([C@](C)(N)C(=O)O)c1. The van der Waals surface area contributed by atoms with Gasteiger partial charge in [-0.15, -0.1) is 0 Å². The third-order valence-electron chi connectivity index (χ3n) is 2.27. The van der Waals surface area contributed by atoms with Crippen molar-refractivity contribution >= 4 is 5.97 Å². The first-order valence-electron chi connectivity index (χ1n) is 4.45. The van der Waals surface area contributed by atoms with E-state index in [-0.39, 0.29) is 0 Å². The Morgan fingerprint density at radius 1 is 1.29 bits per heavy atom. The van der Waals surface area contributed by atoms with Gasteiger partial charge in [0, 0.05) is 0 Å². The molecule has 0 aliphatic heterocycles. The standard InChI is InChI=1S/C11H15NO2/c1-7-4-8(2)6-9(5-7)11(3,12)10(13)14/h4-6H,12H2,1-3H3,(H,13,14)/t11-/m0/s1. The average Bonchev–Trinajstić information content (AvgIpc) is 2.01. The van der Waals surface area contributed by atoms with Gasteiger partial charge in [-0.25, -0.2) is 4.79 Å². The molecule has 1 aromatic rings. The molecule has 0 bridgehead atoms. The van der Waals surface area contributed by atoms with Crippen molar-refractivity contribution < 1.29 is 9.90 Å². The van der Waals surface area contributed by atoms with Crippen molar-refractivity contribution in [3.8, 4) is 0 Å². The third kappa shape index (κ3) is 1.93. The highest BCUT2D eigenvalue weighted by Crippen LogP contribution is 2.20. The molecule has 3 heteroatoms. The topological polar surface area (TPSA) is 63.3 Å². The molecule has 0 radical (unpaired) electrons. The van der Waals surface area contributed by atoms with Gasteiger partial charge < -0.3 is 10.8 Å². The smallest absolute Gasteiger partial charge is 0.328 e. The van der Waals surface area contributed by atoms with Gasteiger partial charge in [-0.05, 0) is 26.3 Å². The van der Waals surface area contributed by atoms with Crippen LogP contribution in [0.25, 0.3) is 0 Å². The van der Waals surface area contributed by atoms with Gasteiger partial charge in [-0.1, -0.05) is 29.3 Å². The molecule has 1 aromatic carbocycles. The number of aliphatic carboxylic acids is 1. The number of rotatable bonds is 2. The van der Waals surface area contributed by atoms with Gasteiger partial charge in [-0.2, -0.15) is 0 Å². The molecule has 0 aliphatic carbocycles. The monoisotopic (exact) mass is 193 g/mol. The zero-order chi connectivity index (χ0) is 10.9. The second-order valence-electron chi connectivity index (χ2n) is 3.88. The van der Waals surface area contributed by atoms with Crippen LogP contribution in [0.4, 0.5) is 0 Å². The lowest BCUT2D eigenvalue weighted by Gasteiger charge is -2.20. The maximum absolute atomic E-state index is 10.9. The molecule has 14 heavy (non-hydrogen) atoms. The molecule has 1 rings (SSSR count). The number of aryl methyl sites for hydroxylation is 2. The highest BCUT2D eigenvalue weighted by atomic mass is 16.4. The van der Waals surface area contributed by atoms with Crippen LogP contribution in [-0.4, -0.2) is 11.1 Å². The van der Waals surface area contributed by atoms with Crippen LogP contribution >= 0.6 is 0 Å². The van der Waals surface area contributed by atoms with Gasteiger partial charge in [0.25, 0.3) is 0 Å². The first-order chi connectivity index (χ1) is 6.34. The number of hydrogen-bond donors (Lipinski definition) is 2. The highest BCUT2D eigenvalue weighted by molar-refractivity contribution is 5.80. The number of hydrogen-bond acceptors (Lipinski definition) is 2. The number of carboxylic acid groups (broad SMARTS) is 1. The molecule has 0 spiro atoms. The van der Waals surface area contributed by atoms with Gasteiger partial charge in [0.05, 0.1) is 0 Å². The summed E-state index contributed by atoms with van der Waals surface area (Å²) in [5.41, 5.74) is 7.10. The van der Waals surface area contributed by atoms with Crippen molar-refractivity contribution in [2.75, 3.05) is 0 Å². The molecule has 0 saturated heterocycles. The van der Waals surface area contributed by atoms with E-state index in [9.17, 15) is 4.79 Å². The minimum absolute atomic E-state index is 0.641. The average molecular weight is 193 g/mol. The minimum atomic E-state index is -1.31. The van der Waals surface area contributed by atoms with Crippen molar-refractivity contribution in [2.45, 2.75) is 26.3 Å². The van der Waals surface area contributed by atoms with Crippen molar-refractivity contribution in [2.24, 2.45) is 5.73 Å². The summed E-state index contributed by atoms with van der Waals surface area (Å²) in [7, 11) is 0. The van der Waals surface area contributed by atoms with Crippen LogP contribution in [0.1, 0.15) is 23.6 Å². The second kappa shape index (κ2) is 3.42. The summed E-state index contributed by atoms with van der Waals surface area (Å²) >= 11 is 0. The maximum atomic E-state index is 10.9. The largest absolute Gasteiger partial charge is 0.480 e. The van der Waals surface area contributed by atoms with Crippen molar-refractivity contribution in [1.29, 1.82) is 0 Å². The lowest BCUT2D eigenvalue weighted by Crippen LogP contribution is -2.41. The molecule has 0 aromatic heterocycles. The lowest BCUT2D eigenvalue weighted by molar-refractivity contribution is -0.143. The first kappa shape index (κ1) is 10.7. The van der Waals surface area contributed by atoms with Crippen LogP contribution in [0.3, 0.4) is 0 Å². The van der Waals surface area contributed by atoms with Crippen LogP contribution in [0.15, 0.2) is 18.2 Å². The van der Waals surface area contributed by atoms with E-state index in [1.165, 1.54) is 6.92 Å². The Hall–Kier alpha value is -1.35. The maximum Gasteiger partial charge on any atom is 0.328 e. The van der Waals surface area contributed by atoms with E-state index < -0.39 is 11.5 Å². The summed E-state index contributed by atoms with van der Waals surface area (Å²) in [6, 6.07) is 5.60. The van der Waals surface area contributed by atoms with E-state index in [1.807, 2.05) is 19.9 Å². The summed E-state index contributed by atoms with van der Waals surface area (Å²) in [6.45, 7) is 5.35. The molecular weight excluding hydrogens is 178 g/mol. The van der Waals surface area contributed by atoms with E-state index in [1.54, 1.807) is 12.1 Å². The number of benzene rings is 1. The Kier molecular flexibility index (Phi) is 2.62. The molecule has 3 nitrogen and oxygen atoms in total. The normalized spacial score (nSPS) is 14.9. The molecule has 0 heterocycles. The molecule has 0 aliphatic rings. The van der Waals surface area contributed by atoms with Crippen molar-refractivity contribution in [3.05, 3.63) is 34.9 Å². The molecule has 1 atom stereocenters. The molecular formula is C11H15NO2. The minimum Gasteiger partial charge on any atom is -0.480 e. The Labute approximate surface area is 83.6 Å². The van der Waals surface area contributed by atoms with Gasteiger partial charge in [0.1, 0.15) is 5.54 Å². The number of carbonyl (C=O) groups is 1. The summed E-state index contributed by atoms with van der Waals surface area (Å²) in [5.74, 6) is -1.01. The molecule has 0 saturated carbocycles. The van der Waals surface area contributed by atoms with Gasteiger partial charge in [-0.3, -0.25) is 0 Å². The Morgan fingerprint density at radius 3 is 2.07 bits per heavy atom. The van der Waals surface area contributed by atoms with Gasteiger partial charge >= 0.3 is 5.97 Å². The third-order valence-corrected chi connectivity index (χ3v) is 2.27. The van der Waals surface area contributed by atoms with Crippen molar-refractivity contribution in [1.82, 2.24) is 0 Å². The highest BCUT2D eigenvalue weighted by Gasteiger charge is 2.30. The first-order valence-corrected chi connectivity index (χ1v) is 4.45. The Morgan fingerprint density at radius 2 is 1.71 bits per heavy atom. The fraction of sp³-hybridized carbons (Fsp3) is 0.364. The Bertz CT molecular complexity index is 349. The van der Waals surface area contributed by atoms with Gasteiger partial charge in [0.15, 0.2) is 0 Å². The predicted molar refractivity (Wildman–Crippen MR) is 55.1 cm³/mol. The van der Waals surface area contributed by atoms with Crippen LogP contribution in [0, 0.1) is 13.8 Å². The van der Waals surface area contributed by atoms with Gasteiger partial charge in [0.2, 0.25) is 0 Å². The number of nitrogens with two attached hydrogens (primary N) is 1. The molecule has 0 fully saturated rings. The zero-order valence-electron chi connectivity index (χ0n) is 8.66. The fourth-order valence-electron chi connectivity index (χ4n) is 1.40. The van der Waals surface area contributed by atoms with E-state index in [2.05, 4.69) is 0 Å². The van der Waals surface area contributed by atoms with Crippen LogP contribution in [-0.2, 0) is 10.3 Å². The second-order valence-corrected chi connectivity index (χ2v) is 3.88. The van der Waals surface area contributed by atoms with Crippen LogP contribution < -0.4 is 5.73 Å². The molecule has 0 unspecified atom stereocenters. The van der Waals surface area contributed by atoms with E-state index in [0.717, 1.165) is 11.1 Å². The lowest BCUT2D eigenvalue weighted by atomic mass is 9.91. The quantitative estimate of drug-likeness (QED) is 0.749. The predicted octanol–water partition coefficient (Wildman–Crippen LogP) is 1.56. The van der Waals surface area contributed by atoms with E-state index in [0.29, 0.717) is 5.56 Å². The van der Waals surface area contributed by atoms with Crippen LogP contribution in [0.2, 0.25) is 0 Å². The van der Waals surface area contributed by atoms with E-state index in [4.69, 9.17) is 10.8 Å². The van der Waals surface area contributed by atoms with Crippen molar-refractivity contribution in [3.63, 3.8) is 0 Å². The van der Waals surface area contributed by atoms with Crippen LogP contribution in [0.5, 0.6) is 0 Å². The Balaban J connectivity index is 3.25. The number of carboxylic acids is 1. The summed E-state index contributed by atoms with van der Waals surface area (Å²) in [4.78, 5) is 10.9. The summed E-state index contributed by atoms with van der Waals surface area (Å²) in [6.07, 6.45) is 0. The fourth-order valence-corrected chi connectivity index (χ4v) is 1.40. The molecule has 3 N–H and O–H groups in total. The molecule has 76 valence electrons. The summed E-state index contributed by atoms with van der Waals surface area (Å²) < 4.78 is 0. The summed E-state index contributed by atoms with van der Waals surface area (Å²) in [5, 5.41) is 8.95. The molecule has 0 amide bonds.